The van der Waals surface area contributed by atoms with Crippen molar-refractivity contribution in [3.8, 4) is 23.0 Å². The molecule has 4 nitrogen and oxygen atoms in total. The van der Waals surface area contributed by atoms with Crippen molar-refractivity contribution in [3.05, 3.63) is 35.4 Å². The fourth-order valence-electron chi connectivity index (χ4n) is 2.46. The van der Waals surface area contributed by atoms with Crippen LogP contribution in [0.4, 0.5) is 0 Å². The van der Waals surface area contributed by atoms with E-state index in [0.717, 1.165) is 16.0 Å². The Labute approximate surface area is 155 Å². The minimum Gasteiger partial charge on any atom is -0.497 e. The van der Waals surface area contributed by atoms with Gasteiger partial charge in [-0.2, -0.15) is 0 Å². The molecule has 0 spiro atoms. The minimum atomic E-state index is 0.503. The van der Waals surface area contributed by atoms with Crippen LogP contribution >= 0.6 is 12.6 Å². The number of hydrogen-bond acceptors (Lipinski definition) is 5. The van der Waals surface area contributed by atoms with Gasteiger partial charge in [-0.25, -0.2) is 0 Å². The molecule has 0 saturated carbocycles. The van der Waals surface area contributed by atoms with E-state index >= 15 is 0 Å². The lowest BCUT2D eigenvalue weighted by atomic mass is 9.88. The molecule has 0 aliphatic heterocycles. The normalized spacial score (nSPS) is 10.8. The lowest BCUT2D eigenvalue weighted by molar-refractivity contribution is 0.335. The van der Waals surface area contributed by atoms with Gasteiger partial charge in [0.05, 0.1) is 27.9 Å². The third-order valence-corrected chi connectivity index (χ3v) is 4.06. The van der Waals surface area contributed by atoms with Crippen LogP contribution in [0.3, 0.4) is 0 Å². The second-order valence-electron chi connectivity index (χ2n) is 5.12. The summed E-state index contributed by atoms with van der Waals surface area (Å²) in [6.07, 6.45) is 3.74. The number of methoxy groups -OCH3 is 3. The number of rotatable bonds is 7. The van der Waals surface area contributed by atoms with E-state index in [1.54, 1.807) is 27.4 Å². The molecule has 0 saturated heterocycles. The molecular formula is C19H21BO4S. The van der Waals surface area contributed by atoms with Crippen molar-refractivity contribution >= 4 is 38.1 Å². The molecule has 0 aliphatic carbocycles. The monoisotopic (exact) mass is 356 g/mol. The van der Waals surface area contributed by atoms with Gasteiger partial charge in [-0.1, -0.05) is 6.08 Å². The largest absolute Gasteiger partial charge is 0.497 e. The van der Waals surface area contributed by atoms with Gasteiger partial charge in [-0.05, 0) is 36.7 Å². The summed E-state index contributed by atoms with van der Waals surface area (Å²) in [6, 6.07) is 7.26. The van der Waals surface area contributed by atoms with Crippen LogP contribution in [0, 0.1) is 0 Å². The van der Waals surface area contributed by atoms with E-state index in [9.17, 15) is 0 Å². The fourth-order valence-corrected chi connectivity index (χ4v) is 2.78. The van der Waals surface area contributed by atoms with Crippen molar-refractivity contribution in [2.75, 3.05) is 27.9 Å². The highest BCUT2D eigenvalue weighted by Crippen LogP contribution is 2.33. The Hall–Kier alpha value is -2.21. The lowest BCUT2D eigenvalue weighted by Crippen LogP contribution is -2.12. The first-order chi connectivity index (χ1) is 12.0. The van der Waals surface area contributed by atoms with Gasteiger partial charge < -0.3 is 18.9 Å². The van der Waals surface area contributed by atoms with Crippen LogP contribution < -0.4 is 24.4 Å². The van der Waals surface area contributed by atoms with Crippen molar-refractivity contribution in [2.45, 2.75) is 11.8 Å². The Bertz CT molecular complexity index is 775. The van der Waals surface area contributed by atoms with Crippen LogP contribution in [-0.2, 0) is 0 Å². The Morgan fingerprint density at radius 1 is 0.920 bits per heavy atom. The SMILES string of the molecule is [B]c1c(OC)ccc(OC)c1/C=C/c1c(S)cc(OCC)cc1OC. The first kappa shape index (κ1) is 19.1. The van der Waals surface area contributed by atoms with E-state index in [-0.39, 0.29) is 0 Å². The van der Waals surface area contributed by atoms with E-state index in [1.807, 2.05) is 37.3 Å². The highest BCUT2D eigenvalue weighted by Gasteiger charge is 2.11. The summed E-state index contributed by atoms with van der Waals surface area (Å²) < 4.78 is 21.7. The highest BCUT2D eigenvalue weighted by molar-refractivity contribution is 7.80. The molecule has 0 N–H and O–H groups in total. The van der Waals surface area contributed by atoms with Crippen molar-refractivity contribution in [3.63, 3.8) is 0 Å². The van der Waals surface area contributed by atoms with Gasteiger partial charge in [0.2, 0.25) is 0 Å². The first-order valence-corrected chi connectivity index (χ1v) is 8.22. The number of thiol groups is 1. The molecule has 6 heteroatoms. The van der Waals surface area contributed by atoms with E-state index in [1.165, 1.54) is 0 Å². The first-order valence-electron chi connectivity index (χ1n) is 7.78. The zero-order valence-electron chi connectivity index (χ0n) is 14.8. The average molecular weight is 356 g/mol. The van der Waals surface area contributed by atoms with Gasteiger partial charge >= 0.3 is 0 Å². The summed E-state index contributed by atoms with van der Waals surface area (Å²) in [5, 5.41) is 0. The van der Waals surface area contributed by atoms with Gasteiger partial charge in [-0.15, -0.1) is 12.6 Å². The third-order valence-electron chi connectivity index (χ3n) is 3.69. The second-order valence-corrected chi connectivity index (χ2v) is 5.60. The third kappa shape index (κ3) is 4.26. The van der Waals surface area contributed by atoms with E-state index < -0.39 is 0 Å². The van der Waals surface area contributed by atoms with E-state index in [0.29, 0.717) is 35.1 Å². The smallest absolute Gasteiger partial charge is 0.130 e. The minimum absolute atomic E-state index is 0.503. The molecule has 0 heterocycles. The Morgan fingerprint density at radius 2 is 1.52 bits per heavy atom. The summed E-state index contributed by atoms with van der Waals surface area (Å²) in [4.78, 5) is 0.736. The standard InChI is InChI=1S/C19H21BO4S/c1-5-24-12-10-17(23-4)13(18(25)11-12)6-7-14-15(21-2)8-9-16(22-3)19(14)20/h6-11,25H,5H2,1-4H3/b7-6+. The van der Waals surface area contributed by atoms with Crippen molar-refractivity contribution in [1.29, 1.82) is 0 Å². The molecule has 0 bridgehead atoms. The molecule has 2 rings (SSSR count). The van der Waals surface area contributed by atoms with Crippen molar-refractivity contribution < 1.29 is 18.9 Å². The molecule has 130 valence electrons. The molecule has 0 amide bonds. The summed E-state index contributed by atoms with van der Waals surface area (Å²) in [7, 11) is 11.0. The topological polar surface area (TPSA) is 36.9 Å². The van der Waals surface area contributed by atoms with Crippen LogP contribution in [-0.4, -0.2) is 35.8 Å². The second kappa shape index (κ2) is 8.76. The zero-order chi connectivity index (χ0) is 18.4. The van der Waals surface area contributed by atoms with Crippen molar-refractivity contribution in [1.82, 2.24) is 0 Å². The van der Waals surface area contributed by atoms with Crippen LogP contribution in [0.15, 0.2) is 29.2 Å². The van der Waals surface area contributed by atoms with Crippen LogP contribution in [0.5, 0.6) is 23.0 Å². The maximum Gasteiger partial charge on any atom is 0.130 e. The summed E-state index contributed by atoms with van der Waals surface area (Å²) in [5.41, 5.74) is 2.05. The number of benzene rings is 2. The van der Waals surface area contributed by atoms with Gasteiger partial charge in [0.15, 0.2) is 0 Å². The van der Waals surface area contributed by atoms with Crippen LogP contribution in [0.25, 0.3) is 12.2 Å². The predicted octanol–water partition coefficient (Wildman–Crippen LogP) is 3.36. The van der Waals surface area contributed by atoms with Crippen LogP contribution in [0.1, 0.15) is 18.1 Å². The lowest BCUT2D eigenvalue weighted by Gasteiger charge is -2.14. The molecule has 2 aromatic rings. The molecule has 0 atom stereocenters. The Balaban J connectivity index is 2.49. The van der Waals surface area contributed by atoms with Crippen LogP contribution in [0.2, 0.25) is 0 Å². The van der Waals surface area contributed by atoms with E-state index in [4.69, 9.17) is 26.8 Å². The van der Waals surface area contributed by atoms with Gasteiger partial charge in [0, 0.05) is 22.1 Å². The number of hydrogen-bond donors (Lipinski definition) is 1. The summed E-state index contributed by atoms with van der Waals surface area (Å²) in [6.45, 7) is 2.50. The predicted molar refractivity (Wildman–Crippen MR) is 105 cm³/mol. The molecule has 0 fully saturated rings. The molecule has 0 aliphatic rings. The Kier molecular flexibility index (Phi) is 6.70. The Morgan fingerprint density at radius 3 is 2.12 bits per heavy atom. The quantitative estimate of drug-likeness (QED) is 0.469. The molecular weight excluding hydrogens is 335 g/mol. The molecule has 2 radical (unpaired) electrons. The molecule has 2 aromatic carbocycles. The van der Waals surface area contributed by atoms with E-state index in [2.05, 4.69) is 12.6 Å². The zero-order valence-corrected chi connectivity index (χ0v) is 15.7. The maximum atomic E-state index is 6.18. The molecule has 25 heavy (non-hydrogen) atoms. The molecule has 0 aromatic heterocycles. The van der Waals surface area contributed by atoms with Gasteiger partial charge in [0.1, 0.15) is 30.8 Å². The average Bonchev–Trinajstić information content (AvgIpc) is 2.61. The fraction of sp³-hybridized carbons (Fsp3) is 0.263. The summed E-state index contributed by atoms with van der Waals surface area (Å²) in [5.74, 6) is 2.61. The summed E-state index contributed by atoms with van der Waals surface area (Å²) >= 11 is 4.55. The maximum absolute atomic E-state index is 6.18. The molecule has 0 unspecified atom stereocenters. The van der Waals surface area contributed by atoms with Gasteiger partial charge in [-0.3, -0.25) is 0 Å². The highest BCUT2D eigenvalue weighted by atomic mass is 32.1. The van der Waals surface area contributed by atoms with Gasteiger partial charge in [0.25, 0.3) is 0 Å². The van der Waals surface area contributed by atoms with Crippen molar-refractivity contribution in [2.24, 2.45) is 0 Å². The number of ether oxygens (including phenoxy) is 4.